The number of rotatable bonds is 2. The number of aryl methyl sites for hydroxylation is 1. The van der Waals surface area contributed by atoms with E-state index in [9.17, 15) is 0 Å². The molecule has 1 heterocycles. The molecule has 2 aromatic rings. The summed E-state index contributed by atoms with van der Waals surface area (Å²) in [6, 6.07) is 9.78. The van der Waals surface area contributed by atoms with Crippen LogP contribution in [-0.4, -0.2) is 10.1 Å². The standard InChI is InChI=1S/C11H9N3O/c1-8-2-4-9(5-3-8)11-13-10(6-7-12)15-14-11/h2-5H,6H2,1H3. The lowest BCUT2D eigenvalue weighted by atomic mass is 10.1. The van der Waals surface area contributed by atoms with Gasteiger partial charge in [-0.3, -0.25) is 0 Å². The first-order chi connectivity index (χ1) is 7.29. The van der Waals surface area contributed by atoms with Gasteiger partial charge in [0.2, 0.25) is 11.7 Å². The Morgan fingerprint density at radius 3 is 2.73 bits per heavy atom. The van der Waals surface area contributed by atoms with E-state index < -0.39 is 0 Å². The number of aromatic nitrogens is 2. The highest BCUT2D eigenvalue weighted by Gasteiger charge is 2.07. The molecular formula is C11H9N3O. The Hall–Kier alpha value is -2.15. The molecule has 0 saturated heterocycles. The molecule has 0 amide bonds. The van der Waals surface area contributed by atoms with Crippen molar-refractivity contribution in [2.45, 2.75) is 13.3 Å². The van der Waals surface area contributed by atoms with Crippen molar-refractivity contribution in [1.29, 1.82) is 5.26 Å². The quantitative estimate of drug-likeness (QED) is 0.743. The SMILES string of the molecule is Cc1ccc(-c2noc(CC#N)n2)cc1. The van der Waals surface area contributed by atoms with Gasteiger partial charge in [0.15, 0.2) is 0 Å². The maximum Gasteiger partial charge on any atom is 0.241 e. The first kappa shape index (κ1) is 9.41. The van der Waals surface area contributed by atoms with Crippen LogP contribution in [0.4, 0.5) is 0 Å². The van der Waals surface area contributed by atoms with Crippen LogP contribution in [0.25, 0.3) is 11.4 Å². The zero-order chi connectivity index (χ0) is 10.7. The predicted octanol–water partition coefficient (Wildman–Crippen LogP) is 2.11. The minimum atomic E-state index is 0.152. The molecule has 0 atom stereocenters. The molecule has 4 nitrogen and oxygen atoms in total. The molecule has 0 saturated carbocycles. The smallest absolute Gasteiger partial charge is 0.241 e. The molecule has 0 fully saturated rings. The Morgan fingerprint density at radius 2 is 2.07 bits per heavy atom. The molecule has 15 heavy (non-hydrogen) atoms. The van der Waals surface area contributed by atoms with E-state index in [4.69, 9.17) is 9.78 Å². The summed E-state index contributed by atoms with van der Waals surface area (Å²) in [6.07, 6.45) is 0.152. The Kier molecular flexibility index (Phi) is 2.46. The van der Waals surface area contributed by atoms with Crippen LogP contribution in [0.15, 0.2) is 28.8 Å². The highest BCUT2D eigenvalue weighted by atomic mass is 16.5. The Morgan fingerprint density at radius 1 is 1.33 bits per heavy atom. The van der Waals surface area contributed by atoms with Crippen LogP contribution in [0.5, 0.6) is 0 Å². The summed E-state index contributed by atoms with van der Waals surface area (Å²) in [4.78, 5) is 4.10. The fraction of sp³-hybridized carbons (Fsp3) is 0.182. The van der Waals surface area contributed by atoms with Gasteiger partial charge in [-0.05, 0) is 6.92 Å². The molecule has 1 aromatic heterocycles. The maximum atomic E-state index is 8.46. The Bertz CT molecular complexity index is 493. The lowest BCUT2D eigenvalue weighted by molar-refractivity contribution is 0.388. The third kappa shape index (κ3) is 2.02. The van der Waals surface area contributed by atoms with Crippen molar-refractivity contribution in [3.8, 4) is 17.5 Å². The summed E-state index contributed by atoms with van der Waals surface area (Å²) in [5.74, 6) is 0.883. The second-order valence-corrected chi connectivity index (χ2v) is 3.21. The van der Waals surface area contributed by atoms with Gasteiger partial charge in [-0.1, -0.05) is 35.0 Å². The summed E-state index contributed by atoms with van der Waals surface area (Å²) in [5.41, 5.74) is 2.08. The molecule has 0 radical (unpaired) electrons. The molecule has 74 valence electrons. The lowest BCUT2D eigenvalue weighted by Crippen LogP contribution is -1.83. The normalized spacial score (nSPS) is 9.87. The molecule has 0 aliphatic rings. The van der Waals surface area contributed by atoms with Crippen LogP contribution >= 0.6 is 0 Å². The average Bonchev–Trinajstić information content (AvgIpc) is 2.68. The number of hydrogen-bond donors (Lipinski definition) is 0. The van der Waals surface area contributed by atoms with Crippen LogP contribution in [0, 0.1) is 18.3 Å². The van der Waals surface area contributed by atoms with Crippen LogP contribution in [0.2, 0.25) is 0 Å². The van der Waals surface area contributed by atoms with E-state index in [0.29, 0.717) is 11.7 Å². The topological polar surface area (TPSA) is 62.7 Å². The zero-order valence-electron chi connectivity index (χ0n) is 8.27. The largest absolute Gasteiger partial charge is 0.338 e. The molecule has 2 rings (SSSR count). The molecule has 1 aromatic carbocycles. The van der Waals surface area contributed by atoms with Crippen molar-refractivity contribution in [2.24, 2.45) is 0 Å². The van der Waals surface area contributed by atoms with E-state index in [1.807, 2.05) is 37.3 Å². The van der Waals surface area contributed by atoms with Crippen molar-refractivity contribution in [3.05, 3.63) is 35.7 Å². The van der Waals surface area contributed by atoms with Gasteiger partial charge in [-0.2, -0.15) is 10.2 Å². The molecule has 0 aliphatic carbocycles. The Balaban J connectivity index is 2.30. The molecule has 0 spiro atoms. The molecule has 0 bridgehead atoms. The number of benzene rings is 1. The third-order valence-corrected chi connectivity index (χ3v) is 2.01. The summed E-state index contributed by atoms with van der Waals surface area (Å²) in [7, 11) is 0. The molecule has 0 N–H and O–H groups in total. The van der Waals surface area contributed by atoms with Gasteiger partial charge in [0.1, 0.15) is 6.42 Å². The summed E-state index contributed by atoms with van der Waals surface area (Å²) >= 11 is 0. The van der Waals surface area contributed by atoms with Crippen LogP contribution < -0.4 is 0 Å². The van der Waals surface area contributed by atoms with Crippen LogP contribution in [-0.2, 0) is 6.42 Å². The highest BCUT2D eigenvalue weighted by Crippen LogP contribution is 2.16. The molecule has 4 heteroatoms. The number of hydrogen-bond acceptors (Lipinski definition) is 4. The van der Waals surface area contributed by atoms with Gasteiger partial charge in [0.25, 0.3) is 0 Å². The summed E-state index contributed by atoms with van der Waals surface area (Å²) < 4.78 is 4.91. The van der Waals surface area contributed by atoms with Gasteiger partial charge in [-0.15, -0.1) is 0 Å². The fourth-order valence-electron chi connectivity index (χ4n) is 1.21. The zero-order valence-corrected chi connectivity index (χ0v) is 8.27. The van der Waals surface area contributed by atoms with E-state index in [2.05, 4.69) is 10.1 Å². The van der Waals surface area contributed by atoms with E-state index in [1.165, 1.54) is 5.56 Å². The van der Waals surface area contributed by atoms with Crippen LogP contribution in [0.1, 0.15) is 11.5 Å². The molecular weight excluding hydrogens is 190 g/mol. The molecule has 0 aliphatic heterocycles. The lowest BCUT2D eigenvalue weighted by Gasteiger charge is -1.94. The third-order valence-electron chi connectivity index (χ3n) is 2.01. The highest BCUT2D eigenvalue weighted by molar-refractivity contribution is 5.54. The first-order valence-electron chi connectivity index (χ1n) is 4.56. The second kappa shape index (κ2) is 3.93. The van der Waals surface area contributed by atoms with Crippen LogP contribution in [0.3, 0.4) is 0 Å². The number of nitrogens with zero attached hydrogens (tertiary/aromatic N) is 3. The monoisotopic (exact) mass is 199 g/mol. The van der Waals surface area contributed by atoms with Crippen molar-refractivity contribution < 1.29 is 4.52 Å². The van der Waals surface area contributed by atoms with Crippen molar-refractivity contribution in [3.63, 3.8) is 0 Å². The number of nitriles is 1. The van der Waals surface area contributed by atoms with Crippen molar-refractivity contribution >= 4 is 0 Å². The van der Waals surface area contributed by atoms with Gasteiger partial charge in [-0.25, -0.2) is 0 Å². The molecule has 0 unspecified atom stereocenters. The Labute approximate surface area is 87.2 Å². The van der Waals surface area contributed by atoms with E-state index >= 15 is 0 Å². The van der Waals surface area contributed by atoms with E-state index in [1.54, 1.807) is 0 Å². The van der Waals surface area contributed by atoms with Crippen molar-refractivity contribution in [2.75, 3.05) is 0 Å². The second-order valence-electron chi connectivity index (χ2n) is 3.21. The minimum absolute atomic E-state index is 0.152. The maximum absolute atomic E-state index is 8.46. The van der Waals surface area contributed by atoms with Gasteiger partial charge >= 0.3 is 0 Å². The minimum Gasteiger partial charge on any atom is -0.338 e. The van der Waals surface area contributed by atoms with E-state index in [-0.39, 0.29) is 6.42 Å². The average molecular weight is 199 g/mol. The fourth-order valence-corrected chi connectivity index (χ4v) is 1.21. The summed E-state index contributed by atoms with van der Waals surface area (Å²) in [6.45, 7) is 2.01. The van der Waals surface area contributed by atoms with Crippen molar-refractivity contribution in [1.82, 2.24) is 10.1 Å². The summed E-state index contributed by atoms with van der Waals surface area (Å²) in [5, 5.41) is 12.3. The van der Waals surface area contributed by atoms with Gasteiger partial charge in [0, 0.05) is 5.56 Å². The van der Waals surface area contributed by atoms with E-state index in [0.717, 1.165) is 5.56 Å². The van der Waals surface area contributed by atoms with Gasteiger partial charge < -0.3 is 4.52 Å². The van der Waals surface area contributed by atoms with Gasteiger partial charge in [0.05, 0.1) is 6.07 Å². The first-order valence-corrected chi connectivity index (χ1v) is 4.56. The predicted molar refractivity (Wildman–Crippen MR) is 53.8 cm³/mol.